The van der Waals surface area contributed by atoms with Gasteiger partial charge in [-0.05, 0) is 68.0 Å². The molecule has 46 heavy (non-hydrogen) atoms. The number of carbonyl (C=O) groups is 3. The van der Waals surface area contributed by atoms with Crippen LogP contribution in [0.4, 0.5) is 0 Å². The molecule has 1 saturated carbocycles. The Kier molecular flexibility index (Phi) is 7.60. The molecule has 3 aromatic rings. The summed E-state index contributed by atoms with van der Waals surface area (Å²) in [6.45, 7) is 4.45. The monoisotopic (exact) mass is 618 g/mol. The zero-order valence-electron chi connectivity index (χ0n) is 26.5. The van der Waals surface area contributed by atoms with Crippen LogP contribution in [0.2, 0.25) is 0 Å². The number of carbonyl (C=O) groups excluding carboxylic acids is 3. The second kappa shape index (κ2) is 11.6. The normalized spacial score (nSPS) is 26.9. The molecule has 5 atom stereocenters. The molecule has 2 aliphatic heterocycles. The van der Waals surface area contributed by atoms with Crippen LogP contribution in [0.25, 0.3) is 0 Å². The number of rotatable bonds is 6. The molecule has 2 heterocycles. The number of amides is 1. The summed E-state index contributed by atoms with van der Waals surface area (Å²) >= 11 is 0. The Balaban J connectivity index is 1.31. The maximum Gasteiger partial charge on any atom is 0.308 e. The van der Waals surface area contributed by atoms with E-state index in [-0.39, 0.29) is 24.0 Å². The summed E-state index contributed by atoms with van der Waals surface area (Å²) in [5.74, 6) is 5.61. The van der Waals surface area contributed by atoms with E-state index in [9.17, 15) is 14.4 Å². The summed E-state index contributed by atoms with van der Waals surface area (Å²) in [5, 5.41) is 0. The number of ether oxygens (including phenoxy) is 3. The van der Waals surface area contributed by atoms with Crippen molar-refractivity contribution >= 4 is 17.8 Å². The minimum Gasteiger partial charge on any atom is -0.483 e. The van der Waals surface area contributed by atoms with Crippen LogP contribution in [0, 0.1) is 11.8 Å². The van der Waals surface area contributed by atoms with Crippen molar-refractivity contribution < 1.29 is 28.6 Å². The first kappa shape index (κ1) is 30.1. The number of likely N-dealkylation sites (tertiary alicyclic amines) is 1. The van der Waals surface area contributed by atoms with Crippen molar-refractivity contribution in [2.45, 2.75) is 75.2 Å². The molecule has 3 aromatic carbocycles. The molecule has 1 saturated heterocycles. The van der Waals surface area contributed by atoms with E-state index in [1.54, 1.807) is 11.9 Å². The van der Waals surface area contributed by atoms with Crippen LogP contribution in [0.5, 0.6) is 11.5 Å². The molecule has 0 aromatic heterocycles. The summed E-state index contributed by atoms with van der Waals surface area (Å²) in [7, 11) is 1.78. The van der Waals surface area contributed by atoms with E-state index in [1.807, 2.05) is 48.5 Å². The van der Waals surface area contributed by atoms with Gasteiger partial charge in [-0.25, -0.2) is 0 Å². The van der Waals surface area contributed by atoms with Crippen molar-refractivity contribution in [2.75, 3.05) is 20.1 Å². The summed E-state index contributed by atoms with van der Waals surface area (Å²) < 4.78 is 19.2. The fraction of sp³-hybridized carbons (Fsp3) is 0.395. The van der Waals surface area contributed by atoms with Crippen molar-refractivity contribution in [3.8, 4) is 23.3 Å². The van der Waals surface area contributed by atoms with E-state index >= 15 is 0 Å². The van der Waals surface area contributed by atoms with Crippen LogP contribution < -0.4 is 9.47 Å². The standard InChI is InChI=1S/C38H38N2O6/c1-25(41)44-31-16-15-29-24-32-38(46-26(2)42)20-18-30(39(3)33(43)17-14-27-10-6-4-7-11-27)36-37(38,34(29)35(31)45-36)21-23-40(32)22-19-28-12-8-5-9-13-28/h4-13,15-16,30,32,36H,18-24H2,1-3H3/t30-,32-,36+,37+,38-/m1/s1. The van der Waals surface area contributed by atoms with Crippen LogP contribution in [0.15, 0.2) is 72.8 Å². The number of hydrogen-bond acceptors (Lipinski definition) is 7. The van der Waals surface area contributed by atoms with Crippen molar-refractivity contribution in [3.63, 3.8) is 0 Å². The molecule has 2 fully saturated rings. The smallest absolute Gasteiger partial charge is 0.308 e. The summed E-state index contributed by atoms with van der Waals surface area (Å²) in [5.41, 5.74) is 2.45. The lowest BCUT2D eigenvalue weighted by Crippen LogP contribution is -2.79. The minimum atomic E-state index is -0.887. The number of likely N-dealkylation sites (N-methyl/N-ethyl adjacent to an activating group) is 1. The number of nitrogens with zero attached hydrogens (tertiary/aromatic N) is 2. The number of hydrogen-bond donors (Lipinski definition) is 0. The SMILES string of the molecule is CC(=O)Oc1ccc2c3c1O[C@H]1[C@H](N(C)C(=O)C#Cc4ccccc4)CC[C@@]4(OC(C)=O)[C@@H](C2)N(CCc2ccccc2)CC[C@]314. The van der Waals surface area contributed by atoms with Gasteiger partial charge in [0.05, 0.1) is 17.5 Å². The molecule has 4 aliphatic rings. The van der Waals surface area contributed by atoms with Crippen LogP contribution >= 0.6 is 0 Å². The van der Waals surface area contributed by atoms with Crippen molar-refractivity contribution in [1.82, 2.24) is 9.80 Å². The first-order chi connectivity index (χ1) is 22.2. The van der Waals surface area contributed by atoms with Gasteiger partial charge in [-0.2, -0.15) is 0 Å². The Bertz CT molecular complexity index is 1750. The van der Waals surface area contributed by atoms with Crippen molar-refractivity contribution in [3.05, 3.63) is 95.1 Å². The highest BCUT2D eigenvalue weighted by atomic mass is 16.6. The zero-order chi connectivity index (χ0) is 32.1. The quantitative estimate of drug-likeness (QED) is 0.229. The van der Waals surface area contributed by atoms with Crippen molar-refractivity contribution in [1.29, 1.82) is 0 Å². The lowest BCUT2D eigenvalue weighted by molar-refractivity contribution is -0.223. The van der Waals surface area contributed by atoms with Gasteiger partial charge in [-0.15, -0.1) is 0 Å². The van der Waals surface area contributed by atoms with Gasteiger partial charge in [-0.1, -0.05) is 60.5 Å². The van der Waals surface area contributed by atoms with Crippen molar-refractivity contribution in [2.24, 2.45) is 0 Å². The fourth-order valence-electron chi connectivity index (χ4n) is 8.73. The second-order valence-electron chi connectivity index (χ2n) is 12.9. The Morgan fingerprint density at radius 3 is 2.43 bits per heavy atom. The average molecular weight is 619 g/mol. The molecule has 236 valence electrons. The third kappa shape index (κ3) is 4.76. The first-order valence-electron chi connectivity index (χ1n) is 16.1. The third-order valence-electron chi connectivity index (χ3n) is 10.5. The number of piperidine rings is 1. The molecule has 8 nitrogen and oxygen atoms in total. The van der Waals surface area contributed by atoms with Crippen LogP contribution in [-0.4, -0.2) is 71.6 Å². The largest absolute Gasteiger partial charge is 0.483 e. The minimum absolute atomic E-state index is 0.0854. The van der Waals surface area contributed by atoms with Gasteiger partial charge in [0.25, 0.3) is 5.91 Å². The van der Waals surface area contributed by atoms with Gasteiger partial charge in [0, 0.05) is 44.5 Å². The van der Waals surface area contributed by atoms with E-state index in [0.717, 1.165) is 36.2 Å². The maximum atomic E-state index is 13.6. The summed E-state index contributed by atoms with van der Waals surface area (Å²) in [6, 6.07) is 23.3. The Hall–Kier alpha value is -4.61. The van der Waals surface area contributed by atoms with E-state index in [2.05, 4.69) is 41.0 Å². The highest BCUT2D eigenvalue weighted by Crippen LogP contribution is 2.67. The Morgan fingerprint density at radius 2 is 1.72 bits per heavy atom. The lowest BCUT2D eigenvalue weighted by Gasteiger charge is -2.65. The molecular weight excluding hydrogens is 580 g/mol. The van der Waals surface area contributed by atoms with Gasteiger partial charge in [0.15, 0.2) is 11.5 Å². The van der Waals surface area contributed by atoms with Crippen LogP contribution in [0.1, 0.15) is 55.4 Å². The topological polar surface area (TPSA) is 85.4 Å². The van der Waals surface area contributed by atoms with Crippen LogP contribution in [0.3, 0.4) is 0 Å². The Morgan fingerprint density at radius 1 is 0.978 bits per heavy atom. The lowest BCUT2D eigenvalue weighted by atomic mass is 9.48. The van der Waals surface area contributed by atoms with Gasteiger partial charge < -0.3 is 19.1 Å². The molecule has 2 aliphatic carbocycles. The predicted molar refractivity (Wildman–Crippen MR) is 171 cm³/mol. The fourth-order valence-corrected chi connectivity index (χ4v) is 8.73. The summed E-state index contributed by atoms with van der Waals surface area (Å²) in [4.78, 5) is 43.0. The van der Waals surface area contributed by atoms with Gasteiger partial charge >= 0.3 is 11.9 Å². The predicted octanol–water partition coefficient (Wildman–Crippen LogP) is 4.46. The second-order valence-corrected chi connectivity index (χ2v) is 12.9. The molecular formula is C38H38N2O6. The number of benzene rings is 3. The highest BCUT2D eigenvalue weighted by molar-refractivity contribution is 5.94. The van der Waals surface area contributed by atoms with Gasteiger partial charge in [0.2, 0.25) is 0 Å². The molecule has 8 heteroatoms. The molecule has 1 amide bonds. The zero-order valence-corrected chi connectivity index (χ0v) is 26.5. The van der Waals surface area contributed by atoms with E-state index in [4.69, 9.17) is 14.2 Å². The molecule has 1 spiro atoms. The van der Waals surface area contributed by atoms with Gasteiger partial charge in [-0.3, -0.25) is 19.3 Å². The van der Waals surface area contributed by atoms with E-state index < -0.39 is 23.1 Å². The van der Waals surface area contributed by atoms with Crippen LogP contribution in [-0.2, 0) is 37.4 Å². The first-order valence-corrected chi connectivity index (χ1v) is 16.1. The van der Waals surface area contributed by atoms with Gasteiger partial charge in [0.1, 0.15) is 11.7 Å². The summed E-state index contributed by atoms with van der Waals surface area (Å²) in [6.07, 6.45) is 2.80. The highest BCUT2D eigenvalue weighted by Gasteiger charge is 2.75. The number of esters is 2. The average Bonchev–Trinajstić information content (AvgIpc) is 3.40. The maximum absolute atomic E-state index is 13.6. The Labute approximate surface area is 269 Å². The molecule has 2 bridgehead atoms. The molecule has 0 unspecified atom stereocenters. The van der Waals surface area contributed by atoms with E-state index in [1.165, 1.54) is 19.4 Å². The van der Waals surface area contributed by atoms with E-state index in [0.29, 0.717) is 37.2 Å². The third-order valence-corrected chi connectivity index (χ3v) is 10.5. The molecule has 0 radical (unpaired) electrons. The molecule has 0 N–H and O–H groups in total. The molecule has 7 rings (SSSR count).